The zero-order chi connectivity index (χ0) is 15.1. The van der Waals surface area contributed by atoms with Crippen molar-refractivity contribution in [2.75, 3.05) is 13.1 Å². The third-order valence-corrected chi connectivity index (χ3v) is 5.00. The predicted molar refractivity (Wildman–Crippen MR) is 84.0 cm³/mol. The van der Waals surface area contributed by atoms with Crippen molar-refractivity contribution in [3.63, 3.8) is 0 Å². The highest BCUT2D eigenvalue weighted by Crippen LogP contribution is 2.32. The lowest BCUT2D eigenvalue weighted by molar-refractivity contribution is 0.114. The van der Waals surface area contributed by atoms with Crippen molar-refractivity contribution in [2.45, 2.75) is 38.5 Å². The minimum Gasteiger partial charge on any atom is -0.340 e. The van der Waals surface area contributed by atoms with Crippen LogP contribution in [0.2, 0.25) is 0 Å². The zero-order valence-corrected chi connectivity index (χ0v) is 14.0. The van der Waals surface area contributed by atoms with Crippen LogP contribution >= 0.6 is 15.9 Å². The summed E-state index contributed by atoms with van der Waals surface area (Å²) in [4.78, 5) is 13.8. The van der Waals surface area contributed by atoms with Crippen molar-refractivity contribution in [3.8, 4) is 0 Å². The molecule has 0 aliphatic carbocycles. The normalized spacial score (nSPS) is 25.2. The number of nitrogens with zero attached hydrogens (tertiary/aromatic N) is 5. The maximum Gasteiger partial charge on any atom is 0.223 e. The molecule has 7 heteroatoms. The van der Waals surface area contributed by atoms with Crippen LogP contribution in [0.25, 0.3) is 0 Å². The summed E-state index contributed by atoms with van der Waals surface area (Å²) in [5.74, 6) is 1.44. The Morgan fingerprint density at radius 1 is 1.23 bits per heavy atom. The lowest BCUT2D eigenvalue weighted by atomic mass is 10.2. The molecule has 0 N–H and O–H groups in total. The van der Waals surface area contributed by atoms with Crippen molar-refractivity contribution in [2.24, 2.45) is 0 Å². The third-order valence-electron chi connectivity index (χ3n) is 4.54. The molecule has 116 valence electrons. The van der Waals surface area contributed by atoms with Gasteiger partial charge in [-0.2, -0.15) is 4.98 Å². The van der Waals surface area contributed by atoms with Crippen LogP contribution in [-0.2, 0) is 13.1 Å². The van der Waals surface area contributed by atoms with E-state index in [9.17, 15) is 0 Å². The Labute approximate surface area is 137 Å². The first-order chi connectivity index (χ1) is 10.7. The van der Waals surface area contributed by atoms with Gasteiger partial charge in [-0.3, -0.25) is 14.8 Å². The monoisotopic (exact) mass is 363 g/mol. The minimum absolute atomic E-state index is 0.597. The molecule has 0 radical (unpaired) electrons. The van der Waals surface area contributed by atoms with Gasteiger partial charge in [-0.25, -0.2) is 0 Å². The fourth-order valence-electron chi connectivity index (χ4n) is 3.51. The number of likely N-dealkylation sites (tertiary alicyclic amines) is 2. The van der Waals surface area contributed by atoms with E-state index >= 15 is 0 Å². The van der Waals surface area contributed by atoms with Gasteiger partial charge in [-0.15, -0.1) is 0 Å². The standard InChI is InChI=1S/C15H18BrN5O/c1-10-18-15(19-22-10)9-21-8-13-4-14(21)7-20(13)6-12-3-2-11(16)5-17-12/h2-3,5,13-14H,4,6-9H2,1H3. The molecule has 2 aliphatic rings. The molecule has 22 heavy (non-hydrogen) atoms. The Kier molecular flexibility index (Phi) is 3.71. The summed E-state index contributed by atoms with van der Waals surface area (Å²) < 4.78 is 6.08. The van der Waals surface area contributed by atoms with Crippen LogP contribution in [0, 0.1) is 6.92 Å². The van der Waals surface area contributed by atoms with Crippen LogP contribution in [0.4, 0.5) is 0 Å². The number of pyridine rings is 1. The molecule has 0 saturated carbocycles. The number of hydrogen-bond donors (Lipinski definition) is 0. The van der Waals surface area contributed by atoms with E-state index in [1.54, 1.807) is 0 Å². The van der Waals surface area contributed by atoms with Crippen molar-refractivity contribution in [1.82, 2.24) is 24.9 Å². The van der Waals surface area contributed by atoms with E-state index in [2.05, 4.69) is 53.0 Å². The summed E-state index contributed by atoms with van der Waals surface area (Å²) in [6.45, 7) is 5.74. The van der Waals surface area contributed by atoms with Gasteiger partial charge in [0.15, 0.2) is 5.82 Å². The summed E-state index contributed by atoms with van der Waals surface area (Å²) in [5.41, 5.74) is 1.14. The first-order valence-electron chi connectivity index (χ1n) is 7.55. The van der Waals surface area contributed by atoms with Gasteiger partial charge in [0.2, 0.25) is 5.89 Å². The van der Waals surface area contributed by atoms with Gasteiger partial charge in [0.05, 0.1) is 12.2 Å². The second-order valence-electron chi connectivity index (χ2n) is 6.10. The quantitative estimate of drug-likeness (QED) is 0.827. The topological polar surface area (TPSA) is 58.3 Å². The van der Waals surface area contributed by atoms with Crippen LogP contribution in [0.5, 0.6) is 0 Å². The third kappa shape index (κ3) is 2.80. The smallest absolute Gasteiger partial charge is 0.223 e. The highest BCUT2D eigenvalue weighted by molar-refractivity contribution is 9.10. The molecule has 2 saturated heterocycles. The molecule has 4 heterocycles. The van der Waals surface area contributed by atoms with E-state index in [0.29, 0.717) is 18.0 Å². The van der Waals surface area contributed by atoms with Gasteiger partial charge in [0.1, 0.15) is 0 Å². The fraction of sp³-hybridized carbons (Fsp3) is 0.533. The molecule has 4 rings (SSSR count). The van der Waals surface area contributed by atoms with E-state index in [0.717, 1.165) is 42.2 Å². The van der Waals surface area contributed by atoms with E-state index in [4.69, 9.17) is 4.52 Å². The molecule has 2 aromatic rings. The highest BCUT2D eigenvalue weighted by atomic mass is 79.9. The first kappa shape index (κ1) is 14.3. The molecule has 2 aliphatic heterocycles. The molecule has 2 bridgehead atoms. The number of halogens is 1. The highest BCUT2D eigenvalue weighted by Gasteiger charge is 2.43. The second kappa shape index (κ2) is 5.72. The van der Waals surface area contributed by atoms with Crippen molar-refractivity contribution in [3.05, 3.63) is 40.2 Å². The number of aromatic nitrogens is 3. The van der Waals surface area contributed by atoms with Crippen LogP contribution in [0.1, 0.15) is 23.8 Å². The molecule has 2 fully saturated rings. The lowest BCUT2D eigenvalue weighted by Crippen LogP contribution is -2.45. The number of aryl methyl sites for hydroxylation is 1. The Hall–Kier alpha value is -1.31. The van der Waals surface area contributed by atoms with Gasteiger partial charge in [-0.1, -0.05) is 5.16 Å². The number of piperazine rings is 1. The molecule has 0 amide bonds. The summed E-state index contributed by atoms with van der Waals surface area (Å²) in [6, 6.07) is 5.36. The largest absolute Gasteiger partial charge is 0.340 e. The molecule has 6 nitrogen and oxygen atoms in total. The van der Waals surface area contributed by atoms with E-state index in [-0.39, 0.29) is 0 Å². The van der Waals surface area contributed by atoms with Gasteiger partial charge < -0.3 is 4.52 Å². The Bertz CT molecular complexity index is 658. The van der Waals surface area contributed by atoms with Crippen LogP contribution in [0.15, 0.2) is 27.3 Å². The van der Waals surface area contributed by atoms with E-state index in [1.807, 2.05) is 13.1 Å². The van der Waals surface area contributed by atoms with Gasteiger partial charge in [0, 0.05) is 49.3 Å². The number of hydrogen-bond acceptors (Lipinski definition) is 6. The number of rotatable bonds is 4. The molecular formula is C15H18BrN5O. The fourth-order valence-corrected chi connectivity index (χ4v) is 3.75. The van der Waals surface area contributed by atoms with E-state index in [1.165, 1.54) is 6.42 Å². The van der Waals surface area contributed by atoms with Crippen molar-refractivity contribution >= 4 is 15.9 Å². The maximum absolute atomic E-state index is 5.05. The zero-order valence-electron chi connectivity index (χ0n) is 12.4. The predicted octanol–water partition coefficient (Wildman–Crippen LogP) is 1.99. The SMILES string of the molecule is Cc1nc(CN2CC3CC2CN3Cc2ccc(Br)cn2)no1. The molecule has 0 spiro atoms. The maximum atomic E-state index is 5.05. The lowest BCUT2D eigenvalue weighted by Gasteiger charge is -2.33. The molecule has 2 unspecified atom stereocenters. The van der Waals surface area contributed by atoms with Crippen LogP contribution in [-0.4, -0.2) is 50.1 Å². The Balaban J connectivity index is 1.36. The number of fused-ring (bicyclic) bond motifs is 2. The van der Waals surface area contributed by atoms with Crippen molar-refractivity contribution in [1.29, 1.82) is 0 Å². The molecule has 2 aromatic heterocycles. The van der Waals surface area contributed by atoms with Gasteiger partial charge in [0.25, 0.3) is 0 Å². The van der Waals surface area contributed by atoms with Crippen molar-refractivity contribution < 1.29 is 4.52 Å². The average Bonchev–Trinajstić information content (AvgIpc) is 3.18. The first-order valence-corrected chi connectivity index (χ1v) is 8.34. The van der Waals surface area contributed by atoms with E-state index < -0.39 is 0 Å². The summed E-state index contributed by atoms with van der Waals surface area (Å²) >= 11 is 3.43. The Morgan fingerprint density at radius 3 is 2.59 bits per heavy atom. The van der Waals surface area contributed by atoms with Gasteiger partial charge in [-0.05, 0) is 34.5 Å². The molecule has 2 atom stereocenters. The summed E-state index contributed by atoms with van der Waals surface area (Å²) in [5, 5.41) is 4.00. The summed E-state index contributed by atoms with van der Waals surface area (Å²) in [7, 11) is 0. The second-order valence-corrected chi connectivity index (χ2v) is 7.02. The van der Waals surface area contributed by atoms with Gasteiger partial charge >= 0.3 is 0 Å². The minimum atomic E-state index is 0.597. The van der Waals surface area contributed by atoms with Crippen LogP contribution < -0.4 is 0 Å². The van der Waals surface area contributed by atoms with Crippen LogP contribution in [0.3, 0.4) is 0 Å². The average molecular weight is 364 g/mol. The Morgan fingerprint density at radius 2 is 2.00 bits per heavy atom. The summed E-state index contributed by atoms with van der Waals surface area (Å²) in [6.07, 6.45) is 3.10. The molecule has 0 aromatic carbocycles. The molecular weight excluding hydrogens is 346 g/mol.